The van der Waals surface area contributed by atoms with Crippen LogP contribution in [0.15, 0.2) is 48.9 Å². The minimum absolute atomic E-state index is 0.0118. The molecule has 0 aliphatic carbocycles. The SMILES string of the molecule is CC.CC1CC(NC(=O)OC(C)(C)C)CN(c2ccncc2NCc2ccnc(-c3c(F)cccc3F)n2)C1. The third kappa shape index (κ3) is 8.33. The Morgan fingerprint density at radius 1 is 1.10 bits per heavy atom. The van der Waals surface area contributed by atoms with Gasteiger partial charge in [-0.25, -0.2) is 23.5 Å². The second kappa shape index (κ2) is 13.3. The normalized spacial score (nSPS) is 17.1. The van der Waals surface area contributed by atoms with Crippen LogP contribution in [0.5, 0.6) is 0 Å². The summed E-state index contributed by atoms with van der Waals surface area (Å²) in [6.45, 7) is 13.4. The maximum absolute atomic E-state index is 14.2. The quantitative estimate of drug-likeness (QED) is 0.385. The topological polar surface area (TPSA) is 92.3 Å². The molecule has 39 heavy (non-hydrogen) atoms. The molecule has 1 aliphatic heterocycles. The van der Waals surface area contributed by atoms with Crippen LogP contribution >= 0.6 is 0 Å². The Kier molecular flexibility index (Phi) is 10.1. The van der Waals surface area contributed by atoms with E-state index in [0.717, 1.165) is 24.3 Å². The van der Waals surface area contributed by atoms with Crippen LogP contribution < -0.4 is 15.5 Å². The molecule has 0 bridgehead atoms. The fourth-order valence-electron chi connectivity index (χ4n) is 4.44. The molecule has 4 rings (SSSR count). The van der Waals surface area contributed by atoms with Crippen LogP contribution in [-0.2, 0) is 11.3 Å². The molecule has 0 spiro atoms. The first-order chi connectivity index (χ1) is 18.6. The van der Waals surface area contributed by atoms with E-state index in [2.05, 4.69) is 37.4 Å². The molecule has 3 heterocycles. The molecule has 2 aromatic heterocycles. The van der Waals surface area contributed by atoms with Gasteiger partial charge in [0.2, 0.25) is 0 Å². The minimum Gasteiger partial charge on any atom is -0.444 e. The Hall–Kier alpha value is -3.82. The van der Waals surface area contributed by atoms with Crippen molar-refractivity contribution < 1.29 is 18.3 Å². The number of halogens is 2. The monoisotopic (exact) mass is 540 g/mol. The summed E-state index contributed by atoms with van der Waals surface area (Å²) >= 11 is 0. The van der Waals surface area contributed by atoms with Gasteiger partial charge in [-0.15, -0.1) is 0 Å². The fraction of sp³-hybridized carbons (Fsp3) is 0.448. The van der Waals surface area contributed by atoms with Gasteiger partial charge in [-0.05, 0) is 57.4 Å². The number of carbonyl (C=O) groups is 1. The average molecular weight is 541 g/mol. The van der Waals surface area contributed by atoms with E-state index in [1.165, 1.54) is 24.4 Å². The van der Waals surface area contributed by atoms with Crippen molar-refractivity contribution in [2.45, 2.75) is 66.2 Å². The number of nitrogens with zero attached hydrogens (tertiary/aromatic N) is 4. The van der Waals surface area contributed by atoms with E-state index in [9.17, 15) is 13.6 Å². The van der Waals surface area contributed by atoms with E-state index >= 15 is 0 Å². The summed E-state index contributed by atoms with van der Waals surface area (Å²) in [5, 5.41) is 6.34. The van der Waals surface area contributed by atoms with Crippen molar-refractivity contribution in [1.29, 1.82) is 0 Å². The zero-order valence-electron chi connectivity index (χ0n) is 23.5. The lowest BCUT2D eigenvalue weighted by Crippen LogP contribution is -2.51. The number of hydrogen-bond acceptors (Lipinski definition) is 7. The number of alkyl carbamates (subject to hydrolysis) is 1. The first-order valence-corrected chi connectivity index (χ1v) is 13.3. The number of anilines is 2. The molecule has 1 aliphatic rings. The summed E-state index contributed by atoms with van der Waals surface area (Å²) in [6.07, 6.45) is 5.35. The largest absolute Gasteiger partial charge is 0.444 e. The zero-order valence-corrected chi connectivity index (χ0v) is 23.5. The van der Waals surface area contributed by atoms with E-state index in [1.54, 1.807) is 18.5 Å². The minimum atomic E-state index is -0.714. The Labute approximate surface area is 229 Å². The number of pyridine rings is 1. The van der Waals surface area contributed by atoms with Crippen LogP contribution in [-0.4, -0.2) is 45.8 Å². The van der Waals surface area contributed by atoms with Gasteiger partial charge in [0.25, 0.3) is 0 Å². The molecule has 10 heteroatoms. The molecule has 1 fully saturated rings. The summed E-state index contributed by atoms with van der Waals surface area (Å²) in [6, 6.07) is 7.21. The van der Waals surface area contributed by atoms with Crippen LogP contribution in [0.2, 0.25) is 0 Å². The van der Waals surface area contributed by atoms with Crippen molar-refractivity contribution in [1.82, 2.24) is 20.3 Å². The standard InChI is InChI=1S/C27H32F2N6O2.C2H6/c1-17-12-19(34-26(36)37-27(2,3)4)16-35(15-17)23-9-10-30-14-22(23)32-13-18-8-11-31-25(33-18)24-20(28)6-5-7-21(24)29;1-2/h5-11,14,17,19,32H,12-13,15-16H2,1-4H3,(H,34,36);1-2H3. The Bertz CT molecular complexity index is 1230. The number of nitrogens with one attached hydrogen (secondary N) is 2. The van der Waals surface area contributed by atoms with Crippen LogP contribution in [0.3, 0.4) is 0 Å². The highest BCUT2D eigenvalue weighted by molar-refractivity contribution is 5.70. The molecule has 1 aromatic carbocycles. The van der Waals surface area contributed by atoms with Gasteiger partial charge in [-0.1, -0.05) is 26.8 Å². The number of amides is 1. The summed E-state index contributed by atoms with van der Waals surface area (Å²) in [5.41, 5.74) is 1.47. The smallest absolute Gasteiger partial charge is 0.407 e. The number of benzene rings is 1. The third-order valence-electron chi connectivity index (χ3n) is 5.88. The highest BCUT2D eigenvalue weighted by atomic mass is 19.1. The molecule has 2 unspecified atom stereocenters. The van der Waals surface area contributed by atoms with E-state index in [-0.39, 0.29) is 17.4 Å². The first kappa shape index (κ1) is 29.7. The molecule has 3 aromatic rings. The second-order valence-electron chi connectivity index (χ2n) is 10.3. The maximum atomic E-state index is 14.2. The average Bonchev–Trinajstić information content (AvgIpc) is 2.87. The van der Waals surface area contributed by atoms with Crippen LogP contribution in [0.1, 0.15) is 53.7 Å². The zero-order chi connectivity index (χ0) is 28.6. The molecule has 0 radical (unpaired) electrons. The van der Waals surface area contributed by atoms with Crippen molar-refractivity contribution in [3.05, 3.63) is 66.3 Å². The fourth-order valence-corrected chi connectivity index (χ4v) is 4.44. The van der Waals surface area contributed by atoms with E-state index in [1.807, 2.05) is 40.7 Å². The Balaban J connectivity index is 0.00000205. The maximum Gasteiger partial charge on any atom is 0.407 e. The number of carbonyl (C=O) groups excluding carboxylic acids is 1. The first-order valence-electron chi connectivity index (χ1n) is 13.3. The molecule has 1 amide bonds. The Morgan fingerprint density at radius 3 is 2.51 bits per heavy atom. The highest BCUT2D eigenvalue weighted by Gasteiger charge is 2.29. The van der Waals surface area contributed by atoms with Crippen molar-refractivity contribution >= 4 is 17.5 Å². The number of ether oxygens (including phenoxy) is 1. The van der Waals surface area contributed by atoms with Gasteiger partial charge in [-0.2, -0.15) is 0 Å². The van der Waals surface area contributed by atoms with Crippen molar-refractivity contribution in [2.24, 2.45) is 5.92 Å². The summed E-state index contributed by atoms with van der Waals surface area (Å²) in [5.74, 6) is -1.10. The van der Waals surface area contributed by atoms with Gasteiger partial charge in [0, 0.05) is 31.5 Å². The molecule has 1 saturated heterocycles. The van der Waals surface area contributed by atoms with Crippen molar-refractivity contribution in [2.75, 3.05) is 23.3 Å². The molecule has 2 atom stereocenters. The van der Waals surface area contributed by atoms with Gasteiger partial charge in [-0.3, -0.25) is 4.98 Å². The number of rotatable bonds is 6. The molecular formula is C29H38F2N6O2. The van der Waals surface area contributed by atoms with Crippen molar-refractivity contribution in [3.8, 4) is 11.4 Å². The molecule has 210 valence electrons. The van der Waals surface area contributed by atoms with Crippen LogP contribution in [0.4, 0.5) is 25.0 Å². The third-order valence-corrected chi connectivity index (χ3v) is 5.88. The molecule has 0 saturated carbocycles. The Morgan fingerprint density at radius 2 is 1.82 bits per heavy atom. The lowest BCUT2D eigenvalue weighted by atomic mass is 9.95. The van der Waals surface area contributed by atoms with Gasteiger partial charge < -0.3 is 20.3 Å². The van der Waals surface area contributed by atoms with Crippen LogP contribution in [0, 0.1) is 17.6 Å². The van der Waals surface area contributed by atoms with Crippen LogP contribution in [0.25, 0.3) is 11.4 Å². The van der Waals surface area contributed by atoms with Crippen molar-refractivity contribution in [3.63, 3.8) is 0 Å². The number of aromatic nitrogens is 3. The van der Waals surface area contributed by atoms with Gasteiger partial charge in [0.15, 0.2) is 5.82 Å². The van der Waals surface area contributed by atoms with Gasteiger partial charge in [0.05, 0.1) is 35.4 Å². The predicted octanol–water partition coefficient (Wildman–Crippen LogP) is 6.19. The summed E-state index contributed by atoms with van der Waals surface area (Å²) in [4.78, 5) is 27.2. The highest BCUT2D eigenvalue weighted by Crippen LogP contribution is 2.30. The van der Waals surface area contributed by atoms with E-state index in [4.69, 9.17) is 4.74 Å². The number of piperidine rings is 1. The summed E-state index contributed by atoms with van der Waals surface area (Å²) in [7, 11) is 0. The lowest BCUT2D eigenvalue weighted by molar-refractivity contribution is 0.0495. The molecule has 8 nitrogen and oxygen atoms in total. The summed E-state index contributed by atoms with van der Waals surface area (Å²) < 4.78 is 33.9. The predicted molar refractivity (Wildman–Crippen MR) is 149 cm³/mol. The van der Waals surface area contributed by atoms with E-state index in [0.29, 0.717) is 24.7 Å². The van der Waals surface area contributed by atoms with E-state index < -0.39 is 23.3 Å². The number of hydrogen-bond donors (Lipinski definition) is 2. The van der Waals surface area contributed by atoms with Gasteiger partial charge in [0.1, 0.15) is 17.2 Å². The van der Waals surface area contributed by atoms with Gasteiger partial charge >= 0.3 is 6.09 Å². The molecule has 2 N–H and O–H groups in total. The molecular weight excluding hydrogens is 502 g/mol. The second-order valence-corrected chi connectivity index (χ2v) is 10.3. The lowest BCUT2D eigenvalue weighted by Gasteiger charge is -2.39.